The van der Waals surface area contributed by atoms with Crippen molar-refractivity contribution >= 4 is 15.7 Å². The van der Waals surface area contributed by atoms with Gasteiger partial charge in [0.15, 0.2) is 0 Å². The number of anilines is 1. The SMILES string of the molecule is CCC1C2CNCC2CN1c1ccc(S(N)(=O)=O)cc1F. The Morgan fingerprint density at radius 2 is 2.19 bits per heavy atom. The normalized spacial score (nSPS) is 28.9. The van der Waals surface area contributed by atoms with Gasteiger partial charge in [0.1, 0.15) is 5.82 Å². The van der Waals surface area contributed by atoms with E-state index in [9.17, 15) is 12.8 Å². The van der Waals surface area contributed by atoms with Crippen LogP contribution in [0, 0.1) is 17.7 Å². The van der Waals surface area contributed by atoms with E-state index >= 15 is 0 Å². The van der Waals surface area contributed by atoms with Crippen LogP contribution in [0.25, 0.3) is 0 Å². The van der Waals surface area contributed by atoms with Crippen molar-refractivity contribution < 1.29 is 12.8 Å². The minimum absolute atomic E-state index is 0.183. The average Bonchev–Trinajstić information content (AvgIpc) is 2.97. The van der Waals surface area contributed by atoms with E-state index in [0.29, 0.717) is 23.6 Å². The van der Waals surface area contributed by atoms with Crippen LogP contribution >= 0.6 is 0 Å². The smallest absolute Gasteiger partial charge is 0.238 e. The van der Waals surface area contributed by atoms with Gasteiger partial charge in [-0.2, -0.15) is 0 Å². The minimum atomic E-state index is -3.87. The maximum Gasteiger partial charge on any atom is 0.238 e. The highest BCUT2D eigenvalue weighted by atomic mass is 32.2. The minimum Gasteiger partial charge on any atom is -0.366 e. The number of nitrogens with one attached hydrogen (secondary N) is 1. The Morgan fingerprint density at radius 3 is 2.81 bits per heavy atom. The lowest BCUT2D eigenvalue weighted by atomic mass is 9.93. The largest absolute Gasteiger partial charge is 0.366 e. The van der Waals surface area contributed by atoms with Gasteiger partial charge >= 0.3 is 0 Å². The highest BCUT2D eigenvalue weighted by molar-refractivity contribution is 7.89. The third-order valence-corrected chi connectivity index (χ3v) is 5.60. The lowest BCUT2D eigenvalue weighted by molar-refractivity contribution is 0.440. The fourth-order valence-corrected chi connectivity index (χ4v) is 4.25. The van der Waals surface area contributed by atoms with Gasteiger partial charge in [0.2, 0.25) is 10.0 Å². The second-order valence-corrected chi connectivity index (χ2v) is 7.43. The molecule has 2 heterocycles. The number of hydrogen-bond acceptors (Lipinski definition) is 4. The predicted molar refractivity (Wildman–Crippen MR) is 79.0 cm³/mol. The number of benzene rings is 1. The van der Waals surface area contributed by atoms with Gasteiger partial charge in [0.25, 0.3) is 0 Å². The summed E-state index contributed by atoms with van der Waals surface area (Å²) in [4.78, 5) is 1.90. The van der Waals surface area contributed by atoms with Crippen molar-refractivity contribution in [2.75, 3.05) is 24.5 Å². The monoisotopic (exact) mass is 313 g/mol. The summed E-state index contributed by atoms with van der Waals surface area (Å²) in [5.74, 6) is 0.549. The van der Waals surface area contributed by atoms with Gasteiger partial charge in [0.05, 0.1) is 10.6 Å². The summed E-state index contributed by atoms with van der Waals surface area (Å²) in [6, 6.07) is 4.22. The Bertz CT molecular complexity index is 650. The van der Waals surface area contributed by atoms with Crippen LogP contribution in [0.15, 0.2) is 23.1 Å². The lowest BCUT2D eigenvalue weighted by Gasteiger charge is -2.29. The van der Waals surface area contributed by atoms with Gasteiger partial charge in [-0.3, -0.25) is 0 Å². The van der Waals surface area contributed by atoms with Crippen LogP contribution < -0.4 is 15.4 Å². The number of fused-ring (bicyclic) bond motifs is 1. The Kier molecular flexibility index (Phi) is 3.67. The van der Waals surface area contributed by atoms with Crippen molar-refractivity contribution in [3.63, 3.8) is 0 Å². The second kappa shape index (κ2) is 5.23. The van der Waals surface area contributed by atoms with Crippen molar-refractivity contribution in [1.29, 1.82) is 0 Å². The second-order valence-electron chi connectivity index (χ2n) is 5.87. The predicted octanol–water partition coefficient (Wildman–Crippen LogP) is 0.907. The highest BCUT2D eigenvalue weighted by Gasteiger charge is 2.43. The molecule has 21 heavy (non-hydrogen) atoms. The molecular weight excluding hydrogens is 293 g/mol. The first-order chi connectivity index (χ1) is 9.91. The van der Waals surface area contributed by atoms with E-state index in [2.05, 4.69) is 17.1 Å². The summed E-state index contributed by atoms with van der Waals surface area (Å²) >= 11 is 0. The molecule has 5 nitrogen and oxygen atoms in total. The first-order valence-corrected chi connectivity index (χ1v) is 8.76. The molecule has 0 saturated carbocycles. The third kappa shape index (κ3) is 2.54. The molecule has 0 bridgehead atoms. The number of nitrogens with two attached hydrogens (primary N) is 1. The number of sulfonamides is 1. The molecule has 0 amide bonds. The van der Waals surface area contributed by atoms with Crippen molar-refractivity contribution in [2.24, 2.45) is 17.0 Å². The van der Waals surface area contributed by atoms with Crippen LogP contribution in [-0.2, 0) is 10.0 Å². The molecule has 2 aliphatic rings. The number of nitrogens with zero attached hydrogens (tertiary/aromatic N) is 1. The number of primary sulfonamides is 1. The molecule has 0 spiro atoms. The van der Waals surface area contributed by atoms with Gasteiger partial charge in [-0.25, -0.2) is 17.9 Å². The summed E-state index contributed by atoms with van der Waals surface area (Å²) in [6.07, 6.45) is 0.944. The molecule has 116 valence electrons. The molecular formula is C14H20FN3O2S. The van der Waals surface area contributed by atoms with E-state index in [1.165, 1.54) is 12.1 Å². The average molecular weight is 313 g/mol. The fraction of sp³-hybridized carbons (Fsp3) is 0.571. The first kappa shape index (κ1) is 14.7. The van der Waals surface area contributed by atoms with Gasteiger partial charge in [-0.15, -0.1) is 0 Å². The Hall–Kier alpha value is -1.18. The van der Waals surface area contributed by atoms with Crippen molar-refractivity contribution in [2.45, 2.75) is 24.3 Å². The molecule has 3 N–H and O–H groups in total. The van der Waals surface area contributed by atoms with Crippen LogP contribution in [0.3, 0.4) is 0 Å². The molecule has 2 aliphatic heterocycles. The summed E-state index contributed by atoms with van der Waals surface area (Å²) in [6.45, 7) is 4.85. The molecule has 2 fully saturated rings. The quantitative estimate of drug-likeness (QED) is 0.870. The van der Waals surface area contributed by atoms with Gasteiger partial charge in [0, 0.05) is 25.7 Å². The number of rotatable bonds is 3. The standard InChI is InChI=1S/C14H20FN3O2S/c1-2-13-11-7-17-6-9(11)8-18(13)14-4-3-10(5-12(14)15)21(16,19)20/h3-5,9,11,13,17H,2,6-8H2,1H3,(H2,16,19,20). The van der Waals surface area contributed by atoms with Gasteiger partial charge < -0.3 is 10.2 Å². The van der Waals surface area contributed by atoms with Gasteiger partial charge in [-0.05, 0) is 36.5 Å². The van der Waals surface area contributed by atoms with Crippen LogP contribution in [-0.4, -0.2) is 34.1 Å². The lowest BCUT2D eigenvalue weighted by Crippen LogP contribution is -2.35. The highest BCUT2D eigenvalue weighted by Crippen LogP contribution is 2.38. The third-order valence-electron chi connectivity index (χ3n) is 4.69. The molecule has 0 aliphatic carbocycles. The first-order valence-electron chi connectivity index (χ1n) is 7.21. The molecule has 0 radical (unpaired) electrons. The van der Waals surface area contributed by atoms with E-state index in [4.69, 9.17) is 5.14 Å². The molecule has 3 unspecified atom stereocenters. The van der Waals surface area contributed by atoms with E-state index in [0.717, 1.165) is 32.1 Å². The molecule has 1 aromatic carbocycles. The fourth-order valence-electron chi connectivity index (χ4n) is 3.72. The summed E-state index contributed by atoms with van der Waals surface area (Å²) in [5.41, 5.74) is 0.476. The number of hydrogen-bond donors (Lipinski definition) is 2. The van der Waals surface area contributed by atoms with Crippen LogP contribution in [0.1, 0.15) is 13.3 Å². The van der Waals surface area contributed by atoms with Crippen LogP contribution in [0.4, 0.5) is 10.1 Å². The van der Waals surface area contributed by atoms with Crippen molar-refractivity contribution in [1.82, 2.24) is 5.32 Å². The van der Waals surface area contributed by atoms with Crippen molar-refractivity contribution in [3.8, 4) is 0 Å². The number of halogens is 1. The van der Waals surface area contributed by atoms with E-state index < -0.39 is 15.8 Å². The van der Waals surface area contributed by atoms with Gasteiger partial charge in [-0.1, -0.05) is 6.92 Å². The van der Waals surface area contributed by atoms with E-state index in [-0.39, 0.29) is 4.90 Å². The maximum atomic E-state index is 14.3. The molecule has 1 aromatic rings. The summed E-state index contributed by atoms with van der Waals surface area (Å²) in [5, 5.41) is 8.43. The Balaban J connectivity index is 1.94. The van der Waals surface area contributed by atoms with Crippen LogP contribution in [0.2, 0.25) is 0 Å². The van der Waals surface area contributed by atoms with E-state index in [1.807, 2.05) is 0 Å². The zero-order valence-electron chi connectivity index (χ0n) is 11.9. The zero-order chi connectivity index (χ0) is 15.2. The zero-order valence-corrected chi connectivity index (χ0v) is 12.7. The summed E-state index contributed by atoms with van der Waals surface area (Å²) < 4.78 is 36.9. The topological polar surface area (TPSA) is 75.4 Å². The molecule has 2 saturated heterocycles. The molecule has 7 heteroatoms. The molecule has 0 aromatic heterocycles. The van der Waals surface area contributed by atoms with E-state index in [1.54, 1.807) is 0 Å². The Morgan fingerprint density at radius 1 is 1.43 bits per heavy atom. The Labute approximate surface area is 124 Å². The van der Waals surface area contributed by atoms with Crippen molar-refractivity contribution in [3.05, 3.63) is 24.0 Å². The summed E-state index contributed by atoms with van der Waals surface area (Å²) in [7, 11) is -3.87. The van der Waals surface area contributed by atoms with Crippen LogP contribution in [0.5, 0.6) is 0 Å². The maximum absolute atomic E-state index is 14.3. The molecule has 3 atom stereocenters. The molecule has 3 rings (SSSR count).